The molecule has 0 amide bonds. The van der Waals surface area contributed by atoms with Crippen LogP contribution in [0.1, 0.15) is 16.0 Å². The minimum absolute atomic E-state index is 0.170. The van der Waals surface area contributed by atoms with E-state index in [-0.39, 0.29) is 10.9 Å². The predicted molar refractivity (Wildman–Crippen MR) is 80.4 cm³/mol. The van der Waals surface area contributed by atoms with Gasteiger partial charge in [0, 0.05) is 10.9 Å². The van der Waals surface area contributed by atoms with Crippen LogP contribution >= 0.6 is 31.9 Å². The summed E-state index contributed by atoms with van der Waals surface area (Å²) in [5.74, 6) is 1.02. The van der Waals surface area contributed by atoms with Gasteiger partial charge in [-0.1, -0.05) is 62.2 Å². The molecule has 0 aliphatic carbocycles. The van der Waals surface area contributed by atoms with Gasteiger partial charge in [-0.2, -0.15) is 0 Å². The number of alkyl halides is 1. The SMILES string of the molecule is Brc1ccc(C(Br)C2Cc3ccccc3O2)cc1. The topological polar surface area (TPSA) is 9.23 Å². The normalized spacial score (nSPS) is 19.1. The molecule has 0 bridgehead atoms. The second-order valence-corrected chi connectivity index (χ2v) is 6.32. The third kappa shape index (κ3) is 2.34. The summed E-state index contributed by atoms with van der Waals surface area (Å²) in [6.45, 7) is 0. The van der Waals surface area contributed by atoms with Crippen LogP contribution in [0.25, 0.3) is 0 Å². The van der Waals surface area contributed by atoms with Crippen LogP contribution < -0.4 is 4.74 Å². The average Bonchev–Trinajstić information content (AvgIpc) is 2.82. The lowest BCUT2D eigenvalue weighted by molar-refractivity contribution is 0.232. The summed E-state index contributed by atoms with van der Waals surface area (Å²) in [6.07, 6.45) is 1.13. The molecular weight excluding hydrogens is 356 g/mol. The number of ether oxygens (including phenoxy) is 1. The van der Waals surface area contributed by atoms with Crippen LogP contribution in [-0.4, -0.2) is 6.10 Å². The molecule has 1 aliphatic rings. The van der Waals surface area contributed by atoms with Gasteiger partial charge in [0.25, 0.3) is 0 Å². The molecule has 1 heterocycles. The molecule has 1 nitrogen and oxygen atoms in total. The summed E-state index contributed by atoms with van der Waals surface area (Å²) in [6, 6.07) is 16.6. The monoisotopic (exact) mass is 366 g/mol. The molecule has 0 fully saturated rings. The Morgan fingerprint density at radius 1 is 1.06 bits per heavy atom. The molecule has 2 unspecified atom stereocenters. The van der Waals surface area contributed by atoms with E-state index >= 15 is 0 Å². The van der Waals surface area contributed by atoms with Crippen LogP contribution in [0, 0.1) is 0 Å². The van der Waals surface area contributed by atoms with Crippen molar-refractivity contribution < 1.29 is 4.74 Å². The maximum absolute atomic E-state index is 5.99. The molecule has 92 valence electrons. The second kappa shape index (κ2) is 5.06. The van der Waals surface area contributed by atoms with Crippen LogP contribution in [0.15, 0.2) is 53.0 Å². The summed E-state index contributed by atoms with van der Waals surface area (Å²) in [4.78, 5) is 0.220. The lowest BCUT2D eigenvalue weighted by Crippen LogP contribution is -2.18. The van der Waals surface area contributed by atoms with Crippen LogP contribution in [0.5, 0.6) is 5.75 Å². The van der Waals surface area contributed by atoms with Crippen molar-refractivity contribution in [3.05, 3.63) is 64.1 Å². The highest BCUT2D eigenvalue weighted by atomic mass is 79.9. The van der Waals surface area contributed by atoms with Crippen molar-refractivity contribution in [2.24, 2.45) is 0 Å². The lowest BCUT2D eigenvalue weighted by Gasteiger charge is -2.18. The molecule has 0 radical (unpaired) electrons. The fourth-order valence-corrected chi connectivity index (χ4v) is 3.10. The summed E-state index contributed by atoms with van der Waals surface area (Å²) >= 11 is 7.21. The van der Waals surface area contributed by atoms with Crippen LogP contribution in [0.3, 0.4) is 0 Å². The molecule has 0 N–H and O–H groups in total. The second-order valence-electron chi connectivity index (χ2n) is 4.42. The van der Waals surface area contributed by atoms with Crippen molar-refractivity contribution in [2.75, 3.05) is 0 Å². The first-order chi connectivity index (χ1) is 8.74. The average molecular weight is 368 g/mol. The third-order valence-electron chi connectivity index (χ3n) is 3.19. The number of para-hydroxylation sites is 1. The van der Waals surface area contributed by atoms with E-state index in [1.165, 1.54) is 11.1 Å². The summed E-state index contributed by atoms with van der Waals surface area (Å²) in [5.41, 5.74) is 2.54. The molecule has 3 heteroatoms. The summed E-state index contributed by atoms with van der Waals surface area (Å²) in [5, 5.41) is 0. The van der Waals surface area contributed by atoms with Crippen LogP contribution in [0.4, 0.5) is 0 Å². The Hall–Kier alpha value is -0.800. The van der Waals surface area contributed by atoms with E-state index in [1.54, 1.807) is 0 Å². The van der Waals surface area contributed by atoms with Crippen LogP contribution in [0.2, 0.25) is 0 Å². The van der Waals surface area contributed by atoms with Gasteiger partial charge in [0.2, 0.25) is 0 Å². The molecule has 0 saturated heterocycles. The van der Waals surface area contributed by atoms with Gasteiger partial charge < -0.3 is 4.74 Å². The zero-order chi connectivity index (χ0) is 12.5. The Balaban J connectivity index is 1.80. The maximum Gasteiger partial charge on any atom is 0.123 e. The number of rotatable bonds is 2. The molecule has 2 aromatic rings. The standard InChI is InChI=1S/C15H12Br2O/c16-12-7-5-10(6-8-12)15(17)14-9-11-3-1-2-4-13(11)18-14/h1-8,14-15H,9H2. The molecule has 3 rings (SSSR count). The van der Waals surface area contributed by atoms with Gasteiger partial charge in [-0.15, -0.1) is 0 Å². The van der Waals surface area contributed by atoms with Crippen molar-refractivity contribution >= 4 is 31.9 Å². The van der Waals surface area contributed by atoms with Crippen molar-refractivity contribution in [1.29, 1.82) is 0 Å². The first-order valence-electron chi connectivity index (χ1n) is 5.88. The van der Waals surface area contributed by atoms with Gasteiger partial charge in [-0.3, -0.25) is 0 Å². The fourth-order valence-electron chi connectivity index (χ4n) is 2.23. The van der Waals surface area contributed by atoms with E-state index < -0.39 is 0 Å². The van der Waals surface area contributed by atoms with Crippen molar-refractivity contribution in [3.63, 3.8) is 0 Å². The summed E-state index contributed by atoms with van der Waals surface area (Å²) in [7, 11) is 0. The number of hydrogen-bond acceptors (Lipinski definition) is 1. The Morgan fingerprint density at radius 2 is 1.78 bits per heavy atom. The summed E-state index contributed by atoms with van der Waals surface area (Å²) < 4.78 is 7.09. The van der Waals surface area contributed by atoms with Crippen LogP contribution in [-0.2, 0) is 6.42 Å². The first-order valence-corrected chi connectivity index (χ1v) is 7.59. The minimum Gasteiger partial charge on any atom is -0.488 e. The first kappa shape index (κ1) is 12.2. The van der Waals surface area contributed by atoms with Gasteiger partial charge in [0.1, 0.15) is 11.9 Å². The molecule has 0 saturated carbocycles. The van der Waals surface area contributed by atoms with Crippen molar-refractivity contribution in [3.8, 4) is 5.75 Å². The lowest BCUT2D eigenvalue weighted by atomic mass is 10.0. The molecule has 2 aromatic carbocycles. The Kier molecular flexibility index (Phi) is 3.44. The number of fused-ring (bicyclic) bond motifs is 1. The Morgan fingerprint density at radius 3 is 2.50 bits per heavy atom. The molecule has 2 atom stereocenters. The number of hydrogen-bond donors (Lipinski definition) is 0. The predicted octanol–water partition coefficient (Wildman–Crippen LogP) is 4.89. The highest BCUT2D eigenvalue weighted by molar-refractivity contribution is 9.10. The highest BCUT2D eigenvalue weighted by Crippen LogP contribution is 2.38. The van der Waals surface area contributed by atoms with E-state index in [0.29, 0.717) is 0 Å². The molecule has 18 heavy (non-hydrogen) atoms. The third-order valence-corrected chi connectivity index (χ3v) is 4.83. The highest BCUT2D eigenvalue weighted by Gasteiger charge is 2.29. The molecule has 0 spiro atoms. The van der Waals surface area contributed by atoms with Gasteiger partial charge in [-0.05, 0) is 29.3 Å². The zero-order valence-corrected chi connectivity index (χ0v) is 12.8. The number of halogens is 2. The van der Waals surface area contributed by atoms with E-state index in [4.69, 9.17) is 4.74 Å². The molecular formula is C15H12Br2O. The maximum atomic E-state index is 5.99. The van der Waals surface area contributed by atoms with Gasteiger partial charge in [0.05, 0.1) is 4.83 Å². The smallest absolute Gasteiger partial charge is 0.123 e. The van der Waals surface area contributed by atoms with Gasteiger partial charge >= 0.3 is 0 Å². The molecule has 1 aliphatic heterocycles. The van der Waals surface area contributed by atoms with E-state index in [0.717, 1.165) is 16.6 Å². The minimum atomic E-state index is 0.170. The van der Waals surface area contributed by atoms with Crippen molar-refractivity contribution in [2.45, 2.75) is 17.4 Å². The Labute approximate surface area is 123 Å². The zero-order valence-electron chi connectivity index (χ0n) is 9.64. The van der Waals surface area contributed by atoms with E-state index in [1.807, 2.05) is 12.1 Å². The quantitative estimate of drug-likeness (QED) is 0.686. The molecule has 0 aromatic heterocycles. The van der Waals surface area contributed by atoms with E-state index in [2.05, 4.69) is 68.3 Å². The number of benzene rings is 2. The fraction of sp³-hybridized carbons (Fsp3) is 0.200. The van der Waals surface area contributed by atoms with Gasteiger partial charge in [-0.25, -0.2) is 0 Å². The van der Waals surface area contributed by atoms with E-state index in [9.17, 15) is 0 Å². The van der Waals surface area contributed by atoms with Gasteiger partial charge in [0.15, 0.2) is 0 Å². The largest absolute Gasteiger partial charge is 0.488 e. The van der Waals surface area contributed by atoms with Crippen molar-refractivity contribution in [1.82, 2.24) is 0 Å². The Bertz CT molecular complexity index is 526.